The van der Waals surface area contributed by atoms with Crippen molar-refractivity contribution < 1.29 is 9.84 Å². The van der Waals surface area contributed by atoms with Gasteiger partial charge in [-0.1, -0.05) is 26.0 Å². The number of aromatic nitrogens is 2. The third-order valence-electron chi connectivity index (χ3n) is 3.38. The molecule has 0 bridgehead atoms. The molecule has 1 aromatic carbocycles. The number of hydrogen-bond acceptors (Lipinski definition) is 3. The van der Waals surface area contributed by atoms with Gasteiger partial charge in [0.1, 0.15) is 11.6 Å². The summed E-state index contributed by atoms with van der Waals surface area (Å²) in [5.41, 5.74) is 0.898. The van der Waals surface area contributed by atoms with Crippen molar-refractivity contribution in [3.63, 3.8) is 0 Å². The molecule has 0 spiro atoms. The van der Waals surface area contributed by atoms with Gasteiger partial charge in [0.15, 0.2) is 0 Å². The number of ether oxygens (including phenoxy) is 1. The molecule has 1 N–H and O–H groups in total. The van der Waals surface area contributed by atoms with Gasteiger partial charge in [-0.2, -0.15) is 0 Å². The van der Waals surface area contributed by atoms with Crippen molar-refractivity contribution in [2.24, 2.45) is 0 Å². The van der Waals surface area contributed by atoms with E-state index in [9.17, 15) is 5.11 Å². The average Bonchev–Trinajstić information content (AvgIpc) is 2.93. The van der Waals surface area contributed by atoms with Crippen LogP contribution in [0.3, 0.4) is 0 Å². The van der Waals surface area contributed by atoms with Gasteiger partial charge in [0.05, 0.1) is 19.3 Å². The smallest absolute Gasteiger partial charge is 0.119 e. The van der Waals surface area contributed by atoms with Gasteiger partial charge in [-0.3, -0.25) is 0 Å². The summed E-state index contributed by atoms with van der Waals surface area (Å²) in [5.74, 6) is 1.88. The first-order valence-electron chi connectivity index (χ1n) is 7.65. The van der Waals surface area contributed by atoms with E-state index in [0.29, 0.717) is 6.54 Å². The Bertz CT molecular complexity index is 534. The molecule has 0 radical (unpaired) electrons. The summed E-state index contributed by atoms with van der Waals surface area (Å²) in [7, 11) is 0. The number of rotatable bonds is 8. The highest BCUT2D eigenvalue weighted by Gasteiger charge is 2.11. The molecule has 114 valence electrons. The Hall–Kier alpha value is -1.81. The minimum Gasteiger partial charge on any atom is -0.494 e. The molecule has 0 saturated heterocycles. The summed E-state index contributed by atoms with van der Waals surface area (Å²) in [5, 5.41) is 10.4. The van der Waals surface area contributed by atoms with Crippen molar-refractivity contribution in [2.45, 2.75) is 45.8 Å². The van der Waals surface area contributed by atoms with Crippen LogP contribution < -0.4 is 4.74 Å². The molecule has 2 rings (SSSR count). The van der Waals surface area contributed by atoms with E-state index in [1.54, 1.807) is 6.20 Å². The van der Waals surface area contributed by atoms with Crippen molar-refractivity contribution in [2.75, 3.05) is 6.61 Å². The zero-order valence-corrected chi connectivity index (χ0v) is 12.8. The third kappa shape index (κ3) is 4.33. The number of hydrogen-bond donors (Lipinski definition) is 1. The number of benzene rings is 1. The first kappa shape index (κ1) is 15.6. The van der Waals surface area contributed by atoms with Crippen LogP contribution in [0.15, 0.2) is 36.7 Å². The van der Waals surface area contributed by atoms with Crippen LogP contribution in [0.4, 0.5) is 0 Å². The van der Waals surface area contributed by atoms with E-state index in [2.05, 4.69) is 18.8 Å². The van der Waals surface area contributed by atoms with Gasteiger partial charge >= 0.3 is 0 Å². The molecule has 0 fully saturated rings. The summed E-state index contributed by atoms with van der Waals surface area (Å²) in [4.78, 5) is 4.33. The second-order valence-electron chi connectivity index (χ2n) is 5.18. The number of aliphatic hydroxyl groups is 1. The average molecular weight is 288 g/mol. The predicted octanol–water partition coefficient (Wildman–Crippen LogP) is 3.36. The minimum atomic E-state index is -0.532. The standard InChI is InChI=1S/C17H24N2O2/c1-3-5-17-18-10-11-19(17)13-16(20)14-6-8-15(9-7-14)21-12-4-2/h6-11,16,20H,3-5,12-13H2,1-2H3. The first-order chi connectivity index (χ1) is 10.2. The lowest BCUT2D eigenvalue weighted by atomic mass is 10.1. The Labute approximate surface area is 126 Å². The first-order valence-corrected chi connectivity index (χ1v) is 7.65. The van der Waals surface area contributed by atoms with Crippen molar-refractivity contribution in [1.29, 1.82) is 0 Å². The maximum Gasteiger partial charge on any atom is 0.119 e. The van der Waals surface area contributed by atoms with Gasteiger partial charge in [-0.15, -0.1) is 0 Å². The van der Waals surface area contributed by atoms with Gasteiger partial charge in [-0.25, -0.2) is 4.98 Å². The molecule has 0 amide bonds. The van der Waals surface area contributed by atoms with Crippen LogP contribution in [0.2, 0.25) is 0 Å². The highest BCUT2D eigenvalue weighted by Crippen LogP contribution is 2.20. The van der Waals surface area contributed by atoms with Crippen LogP contribution in [0, 0.1) is 0 Å². The molecule has 0 aliphatic carbocycles. The van der Waals surface area contributed by atoms with E-state index < -0.39 is 6.10 Å². The second kappa shape index (κ2) is 7.84. The Morgan fingerprint density at radius 3 is 2.62 bits per heavy atom. The highest BCUT2D eigenvalue weighted by atomic mass is 16.5. The largest absolute Gasteiger partial charge is 0.494 e. The molecule has 21 heavy (non-hydrogen) atoms. The molecule has 4 nitrogen and oxygen atoms in total. The van der Waals surface area contributed by atoms with Crippen LogP contribution in [-0.2, 0) is 13.0 Å². The molecular formula is C17H24N2O2. The lowest BCUT2D eigenvalue weighted by Crippen LogP contribution is -2.11. The SMILES string of the molecule is CCCOc1ccc(C(O)Cn2ccnc2CCC)cc1. The molecule has 1 unspecified atom stereocenters. The third-order valence-corrected chi connectivity index (χ3v) is 3.38. The van der Waals surface area contributed by atoms with Gasteiger partial charge in [0.25, 0.3) is 0 Å². The van der Waals surface area contributed by atoms with E-state index in [1.807, 2.05) is 35.0 Å². The monoisotopic (exact) mass is 288 g/mol. The summed E-state index contributed by atoms with van der Waals surface area (Å²) >= 11 is 0. The van der Waals surface area contributed by atoms with E-state index in [1.165, 1.54) is 0 Å². The van der Waals surface area contributed by atoms with Gasteiger partial charge in [0, 0.05) is 18.8 Å². The van der Waals surface area contributed by atoms with Crippen molar-refractivity contribution in [3.05, 3.63) is 48.0 Å². The van der Waals surface area contributed by atoms with Crippen LogP contribution >= 0.6 is 0 Å². The summed E-state index contributed by atoms with van der Waals surface area (Å²) in [6.07, 6.45) is 6.16. The van der Waals surface area contributed by atoms with E-state index in [-0.39, 0.29) is 0 Å². The van der Waals surface area contributed by atoms with Crippen LogP contribution in [-0.4, -0.2) is 21.3 Å². The van der Waals surface area contributed by atoms with Gasteiger partial charge in [0.2, 0.25) is 0 Å². The molecular weight excluding hydrogens is 264 g/mol. The molecule has 0 aliphatic rings. The normalized spacial score (nSPS) is 12.3. The Morgan fingerprint density at radius 1 is 1.19 bits per heavy atom. The van der Waals surface area contributed by atoms with E-state index in [4.69, 9.17) is 4.74 Å². The number of aliphatic hydroxyl groups excluding tert-OH is 1. The lowest BCUT2D eigenvalue weighted by Gasteiger charge is -2.14. The molecule has 4 heteroatoms. The molecule has 2 aromatic rings. The lowest BCUT2D eigenvalue weighted by molar-refractivity contribution is 0.155. The molecule has 1 atom stereocenters. The number of imidazole rings is 1. The molecule has 1 heterocycles. The Balaban J connectivity index is 1.99. The van der Waals surface area contributed by atoms with E-state index in [0.717, 1.165) is 43.0 Å². The second-order valence-corrected chi connectivity index (χ2v) is 5.18. The van der Waals surface area contributed by atoms with Crippen LogP contribution in [0.5, 0.6) is 5.75 Å². The van der Waals surface area contributed by atoms with E-state index >= 15 is 0 Å². The summed E-state index contributed by atoms with van der Waals surface area (Å²) < 4.78 is 7.57. The Morgan fingerprint density at radius 2 is 1.95 bits per heavy atom. The van der Waals surface area contributed by atoms with Gasteiger partial charge in [-0.05, 0) is 30.5 Å². The maximum absolute atomic E-state index is 10.4. The Kier molecular flexibility index (Phi) is 5.81. The fourth-order valence-electron chi connectivity index (χ4n) is 2.26. The summed E-state index contributed by atoms with van der Waals surface area (Å²) in [6.45, 7) is 5.46. The molecule has 0 saturated carbocycles. The van der Waals surface area contributed by atoms with Crippen molar-refractivity contribution in [1.82, 2.24) is 9.55 Å². The quantitative estimate of drug-likeness (QED) is 0.810. The van der Waals surface area contributed by atoms with Crippen molar-refractivity contribution >= 4 is 0 Å². The zero-order valence-electron chi connectivity index (χ0n) is 12.8. The number of aryl methyl sites for hydroxylation is 1. The molecule has 0 aliphatic heterocycles. The topological polar surface area (TPSA) is 47.3 Å². The predicted molar refractivity (Wildman–Crippen MR) is 83.4 cm³/mol. The zero-order chi connectivity index (χ0) is 15.1. The van der Waals surface area contributed by atoms with Gasteiger partial charge < -0.3 is 14.4 Å². The minimum absolute atomic E-state index is 0.532. The summed E-state index contributed by atoms with van der Waals surface area (Å²) in [6, 6.07) is 7.67. The fourth-order valence-corrected chi connectivity index (χ4v) is 2.26. The van der Waals surface area contributed by atoms with Crippen LogP contribution in [0.1, 0.15) is 44.2 Å². The fraction of sp³-hybridized carbons (Fsp3) is 0.471. The molecule has 1 aromatic heterocycles. The van der Waals surface area contributed by atoms with Crippen LogP contribution in [0.25, 0.3) is 0 Å². The van der Waals surface area contributed by atoms with Crippen molar-refractivity contribution in [3.8, 4) is 5.75 Å². The highest BCUT2D eigenvalue weighted by molar-refractivity contribution is 5.28. The maximum atomic E-state index is 10.4. The number of nitrogens with zero attached hydrogens (tertiary/aromatic N) is 2.